The summed E-state index contributed by atoms with van der Waals surface area (Å²) in [6, 6.07) is 14.5. The van der Waals surface area contributed by atoms with Crippen molar-refractivity contribution in [3.05, 3.63) is 70.3 Å². The quantitative estimate of drug-likeness (QED) is 0.832. The van der Waals surface area contributed by atoms with Crippen LogP contribution < -0.4 is 5.73 Å². The van der Waals surface area contributed by atoms with Crippen LogP contribution in [-0.4, -0.2) is 30.4 Å². The molecule has 2 N–H and O–H groups in total. The van der Waals surface area contributed by atoms with Gasteiger partial charge in [0.2, 0.25) is 5.91 Å². The zero-order valence-electron chi connectivity index (χ0n) is 16.9. The molecule has 0 radical (unpaired) electrons. The molecule has 1 fully saturated rings. The van der Waals surface area contributed by atoms with Crippen LogP contribution in [-0.2, 0) is 10.2 Å². The van der Waals surface area contributed by atoms with Gasteiger partial charge in [0.1, 0.15) is 5.41 Å². The summed E-state index contributed by atoms with van der Waals surface area (Å²) < 4.78 is 0. The third kappa shape index (κ3) is 3.79. The lowest BCUT2D eigenvalue weighted by Crippen LogP contribution is -2.46. The molecule has 1 saturated heterocycles. The predicted octanol–water partition coefficient (Wildman–Crippen LogP) is 4.26. The van der Waals surface area contributed by atoms with Gasteiger partial charge in [-0.05, 0) is 87.5 Å². The molecule has 144 valence electrons. The number of benzene rings is 2. The summed E-state index contributed by atoms with van der Waals surface area (Å²) in [5.41, 5.74) is 10.9. The van der Waals surface area contributed by atoms with Gasteiger partial charge in [0, 0.05) is 0 Å². The highest BCUT2D eigenvalue weighted by Crippen LogP contribution is 2.41. The minimum Gasteiger partial charge on any atom is -0.369 e. The molecule has 3 nitrogen and oxygen atoms in total. The number of hydrogen-bond donors (Lipinski definition) is 1. The van der Waals surface area contributed by atoms with Crippen LogP contribution in [0.2, 0.25) is 0 Å². The Morgan fingerprint density at radius 2 is 1.52 bits per heavy atom. The van der Waals surface area contributed by atoms with E-state index in [-0.39, 0.29) is 5.91 Å². The van der Waals surface area contributed by atoms with Crippen LogP contribution in [0.1, 0.15) is 53.5 Å². The summed E-state index contributed by atoms with van der Waals surface area (Å²) >= 11 is 0. The molecule has 0 spiro atoms. The van der Waals surface area contributed by atoms with Crippen LogP contribution in [0.15, 0.2) is 42.5 Å². The van der Waals surface area contributed by atoms with Gasteiger partial charge in [0.25, 0.3) is 0 Å². The second-order valence-corrected chi connectivity index (χ2v) is 8.00. The fraction of sp³-hybridized carbons (Fsp3) is 0.458. The zero-order valence-corrected chi connectivity index (χ0v) is 16.9. The molecule has 1 aliphatic rings. The maximum Gasteiger partial charge on any atom is 0.232 e. The monoisotopic (exact) mass is 364 g/mol. The van der Waals surface area contributed by atoms with Crippen LogP contribution in [0.5, 0.6) is 0 Å². The number of piperidine rings is 1. The first kappa shape index (κ1) is 19.6. The van der Waals surface area contributed by atoms with E-state index in [0.717, 1.165) is 53.9 Å². The molecule has 1 atom stereocenters. The average molecular weight is 365 g/mol. The number of carbonyl (C=O) groups is 1. The number of likely N-dealkylation sites (tertiary alicyclic amines) is 1. The van der Waals surface area contributed by atoms with Crippen molar-refractivity contribution < 1.29 is 4.79 Å². The maximum absolute atomic E-state index is 13.2. The second kappa shape index (κ2) is 8.26. The fourth-order valence-corrected chi connectivity index (χ4v) is 4.82. The van der Waals surface area contributed by atoms with Crippen molar-refractivity contribution in [3.8, 4) is 0 Å². The molecule has 1 heterocycles. The number of aryl methyl sites for hydroxylation is 3. The first-order chi connectivity index (χ1) is 13.0. The van der Waals surface area contributed by atoms with Crippen molar-refractivity contribution in [2.45, 2.75) is 51.9 Å². The van der Waals surface area contributed by atoms with E-state index in [9.17, 15) is 4.79 Å². The summed E-state index contributed by atoms with van der Waals surface area (Å²) in [6.45, 7) is 9.41. The fourth-order valence-electron chi connectivity index (χ4n) is 4.82. The van der Waals surface area contributed by atoms with Gasteiger partial charge >= 0.3 is 0 Å². The van der Waals surface area contributed by atoms with Crippen molar-refractivity contribution >= 4 is 5.91 Å². The van der Waals surface area contributed by atoms with Crippen LogP contribution in [0.25, 0.3) is 0 Å². The summed E-state index contributed by atoms with van der Waals surface area (Å²) in [6.07, 6.45) is 4.53. The molecule has 2 aromatic rings. The third-order valence-corrected chi connectivity index (χ3v) is 6.19. The van der Waals surface area contributed by atoms with E-state index < -0.39 is 5.41 Å². The Bertz CT molecular complexity index is 788. The largest absolute Gasteiger partial charge is 0.369 e. The van der Waals surface area contributed by atoms with Gasteiger partial charge in [-0.15, -0.1) is 0 Å². The lowest BCUT2D eigenvalue weighted by Gasteiger charge is -2.38. The highest BCUT2D eigenvalue weighted by atomic mass is 16.1. The Hall–Kier alpha value is -2.13. The Morgan fingerprint density at radius 1 is 0.926 bits per heavy atom. The Labute approximate surface area is 163 Å². The van der Waals surface area contributed by atoms with Crippen LogP contribution >= 0.6 is 0 Å². The molecular formula is C24H32N2O. The van der Waals surface area contributed by atoms with E-state index in [0.29, 0.717) is 0 Å². The van der Waals surface area contributed by atoms with Gasteiger partial charge in [-0.1, -0.05) is 48.9 Å². The first-order valence-corrected chi connectivity index (χ1v) is 10.1. The zero-order chi connectivity index (χ0) is 19.4. The normalized spacial score (nSPS) is 17.4. The van der Waals surface area contributed by atoms with Gasteiger partial charge in [0.15, 0.2) is 0 Å². The molecular weight excluding hydrogens is 332 g/mol. The molecule has 3 rings (SSSR count). The number of carbonyl (C=O) groups excluding carboxylic acids is 1. The average Bonchev–Trinajstić information content (AvgIpc) is 2.65. The number of amides is 1. The van der Waals surface area contributed by atoms with Crippen molar-refractivity contribution in [3.63, 3.8) is 0 Å². The van der Waals surface area contributed by atoms with E-state index in [4.69, 9.17) is 5.73 Å². The van der Waals surface area contributed by atoms with E-state index in [2.05, 4.69) is 56.0 Å². The smallest absolute Gasteiger partial charge is 0.232 e. The molecule has 27 heavy (non-hydrogen) atoms. The summed E-state index contributed by atoms with van der Waals surface area (Å²) in [5, 5.41) is 0. The second-order valence-electron chi connectivity index (χ2n) is 8.00. The van der Waals surface area contributed by atoms with Crippen molar-refractivity contribution in [2.24, 2.45) is 5.73 Å². The summed E-state index contributed by atoms with van der Waals surface area (Å²) in [7, 11) is 0. The molecule has 0 saturated carbocycles. The van der Waals surface area contributed by atoms with Gasteiger partial charge < -0.3 is 10.6 Å². The van der Waals surface area contributed by atoms with Gasteiger partial charge in [-0.25, -0.2) is 0 Å². The van der Waals surface area contributed by atoms with Crippen molar-refractivity contribution in [2.75, 3.05) is 19.6 Å². The molecule has 1 unspecified atom stereocenters. The molecule has 3 heteroatoms. The van der Waals surface area contributed by atoms with Gasteiger partial charge in [-0.3, -0.25) is 4.79 Å². The van der Waals surface area contributed by atoms with Crippen molar-refractivity contribution in [1.82, 2.24) is 4.90 Å². The Morgan fingerprint density at radius 3 is 2.11 bits per heavy atom. The van der Waals surface area contributed by atoms with Crippen LogP contribution in [0.3, 0.4) is 0 Å². The number of nitrogens with two attached hydrogens (primary N) is 1. The van der Waals surface area contributed by atoms with E-state index in [1.807, 2.05) is 12.1 Å². The van der Waals surface area contributed by atoms with Crippen LogP contribution in [0.4, 0.5) is 0 Å². The molecule has 0 aromatic heterocycles. The first-order valence-electron chi connectivity index (χ1n) is 10.1. The van der Waals surface area contributed by atoms with Gasteiger partial charge in [-0.2, -0.15) is 0 Å². The molecule has 0 bridgehead atoms. The number of nitrogens with zero attached hydrogens (tertiary/aromatic N) is 1. The number of rotatable bonds is 6. The van der Waals surface area contributed by atoms with E-state index >= 15 is 0 Å². The van der Waals surface area contributed by atoms with Crippen molar-refractivity contribution in [1.29, 1.82) is 0 Å². The third-order valence-electron chi connectivity index (χ3n) is 6.19. The minimum absolute atomic E-state index is 0.244. The molecule has 1 aliphatic heterocycles. The maximum atomic E-state index is 13.2. The van der Waals surface area contributed by atoms with E-state index in [1.54, 1.807) is 0 Å². The molecule has 0 aliphatic carbocycles. The van der Waals surface area contributed by atoms with E-state index in [1.165, 1.54) is 19.3 Å². The SMILES string of the molecule is Cc1ccccc1C(CCN1CCCCC1)(C(N)=O)c1c(C)cccc1C. The van der Waals surface area contributed by atoms with Gasteiger partial charge in [0.05, 0.1) is 0 Å². The standard InChI is InChI=1S/C24H32N2O/c1-18-10-5-6-13-21(18)24(23(25)27,14-17-26-15-7-4-8-16-26)22-19(2)11-9-12-20(22)3/h5-6,9-13H,4,7-8,14-17H2,1-3H3,(H2,25,27). The molecule has 1 amide bonds. The lowest BCUT2D eigenvalue weighted by atomic mass is 9.67. The minimum atomic E-state index is -0.793. The molecule has 2 aromatic carbocycles. The summed E-state index contributed by atoms with van der Waals surface area (Å²) in [4.78, 5) is 15.6. The Balaban J connectivity index is 2.14. The van der Waals surface area contributed by atoms with Crippen LogP contribution in [0, 0.1) is 20.8 Å². The number of primary amides is 1. The number of hydrogen-bond acceptors (Lipinski definition) is 2. The highest BCUT2D eigenvalue weighted by molar-refractivity contribution is 5.92. The lowest BCUT2D eigenvalue weighted by molar-refractivity contribution is -0.122. The Kier molecular flexibility index (Phi) is 6.01. The highest BCUT2D eigenvalue weighted by Gasteiger charge is 2.43. The topological polar surface area (TPSA) is 46.3 Å². The summed E-state index contributed by atoms with van der Waals surface area (Å²) in [5.74, 6) is -0.244. The predicted molar refractivity (Wildman–Crippen MR) is 112 cm³/mol.